The van der Waals surface area contributed by atoms with Crippen LogP contribution in [0.3, 0.4) is 0 Å². The molecular formula is C34H48N6O2. The summed E-state index contributed by atoms with van der Waals surface area (Å²) in [6, 6.07) is 10.7. The zero-order valence-corrected chi connectivity index (χ0v) is 26.4. The van der Waals surface area contributed by atoms with Crippen LogP contribution >= 0.6 is 0 Å². The lowest BCUT2D eigenvalue weighted by molar-refractivity contribution is -0.147. The first-order valence-electron chi connectivity index (χ1n) is 15.5. The third-order valence-corrected chi connectivity index (χ3v) is 9.75. The monoisotopic (exact) mass is 572 g/mol. The summed E-state index contributed by atoms with van der Waals surface area (Å²) in [7, 11) is 2.02. The van der Waals surface area contributed by atoms with Crippen molar-refractivity contribution in [3.05, 3.63) is 76.4 Å². The van der Waals surface area contributed by atoms with Gasteiger partial charge in [-0.15, -0.1) is 5.53 Å². The number of nitrogens with one attached hydrogen (secondary N) is 1. The number of aliphatic carboxylic acids is 1. The molecule has 0 unspecified atom stereocenters. The van der Waals surface area contributed by atoms with Gasteiger partial charge in [0.25, 0.3) is 0 Å². The Morgan fingerprint density at radius 3 is 2.52 bits per heavy atom. The number of carboxylic acid groups (broad SMARTS) is 1. The third kappa shape index (κ3) is 5.66. The van der Waals surface area contributed by atoms with Crippen LogP contribution in [0.4, 0.5) is 11.4 Å². The molecule has 0 bridgehead atoms. The fraction of sp³-hybridized carbons (Fsp3) is 0.529. The van der Waals surface area contributed by atoms with Gasteiger partial charge in [-0.1, -0.05) is 37.6 Å². The standard InChI is InChI=1S/C34H48N6O2/c1-8-25-14-17-38(18-15-25)22-30-35-16-19-39(30)21-27-20-26(11-10-23(27)3)31(34(5,6)33(41)42)28-12-13-29-32(24(28)4)37(7)36-40(29)9-2/h10-13,16,19-20,25,31,36H,8-9,14-15,17-18,21-22H2,1-7H3,(H,41,42)/t31-/m0/s1. The number of hydrazine groups is 2. The molecule has 3 aromatic rings. The predicted molar refractivity (Wildman–Crippen MR) is 170 cm³/mol. The fourth-order valence-electron chi connectivity index (χ4n) is 6.90. The molecule has 1 saturated heterocycles. The minimum absolute atomic E-state index is 0.328. The van der Waals surface area contributed by atoms with E-state index in [1.165, 1.54) is 30.4 Å². The Hall–Kier alpha value is -3.36. The average Bonchev–Trinajstić information content (AvgIpc) is 3.55. The summed E-state index contributed by atoms with van der Waals surface area (Å²) >= 11 is 0. The molecule has 1 fully saturated rings. The van der Waals surface area contributed by atoms with E-state index in [1.807, 2.05) is 32.1 Å². The molecule has 226 valence electrons. The Bertz CT molecular complexity index is 1420. The van der Waals surface area contributed by atoms with Crippen molar-refractivity contribution in [3.63, 3.8) is 0 Å². The molecule has 0 aliphatic carbocycles. The largest absolute Gasteiger partial charge is 0.481 e. The number of rotatable bonds is 10. The minimum Gasteiger partial charge on any atom is -0.481 e. The van der Waals surface area contributed by atoms with Crippen molar-refractivity contribution in [1.82, 2.24) is 20.0 Å². The van der Waals surface area contributed by atoms with E-state index in [0.717, 1.165) is 66.0 Å². The Labute approximate surface area is 251 Å². The van der Waals surface area contributed by atoms with Gasteiger partial charge in [0, 0.05) is 38.4 Å². The second-order valence-corrected chi connectivity index (χ2v) is 12.8. The Kier molecular flexibility index (Phi) is 8.67. The lowest BCUT2D eigenvalue weighted by Gasteiger charge is -2.34. The predicted octanol–water partition coefficient (Wildman–Crippen LogP) is 6.11. The molecule has 0 spiro atoms. The Morgan fingerprint density at radius 2 is 1.86 bits per heavy atom. The molecule has 8 heteroatoms. The van der Waals surface area contributed by atoms with Crippen molar-refractivity contribution in [2.45, 2.75) is 79.8 Å². The summed E-state index contributed by atoms with van der Waals surface area (Å²) in [5.41, 5.74) is 10.1. The number of nitrogens with zero attached hydrogens (tertiary/aromatic N) is 5. The van der Waals surface area contributed by atoms with Crippen molar-refractivity contribution in [2.24, 2.45) is 11.3 Å². The molecule has 2 N–H and O–H groups in total. The molecule has 1 aromatic heterocycles. The molecule has 0 saturated carbocycles. The van der Waals surface area contributed by atoms with Crippen LogP contribution < -0.4 is 15.6 Å². The van der Waals surface area contributed by atoms with E-state index >= 15 is 0 Å². The van der Waals surface area contributed by atoms with Crippen LogP contribution in [0.5, 0.6) is 0 Å². The summed E-state index contributed by atoms with van der Waals surface area (Å²) in [6.07, 6.45) is 7.79. The number of hydrogen-bond acceptors (Lipinski definition) is 6. The van der Waals surface area contributed by atoms with Gasteiger partial charge in [0.2, 0.25) is 0 Å². The van der Waals surface area contributed by atoms with Gasteiger partial charge >= 0.3 is 5.97 Å². The van der Waals surface area contributed by atoms with E-state index in [-0.39, 0.29) is 5.92 Å². The van der Waals surface area contributed by atoms with Crippen molar-refractivity contribution < 1.29 is 9.90 Å². The molecule has 2 aromatic carbocycles. The topological polar surface area (TPSA) is 76.9 Å². The summed E-state index contributed by atoms with van der Waals surface area (Å²) in [5, 5.41) is 14.6. The number of fused-ring (bicyclic) bond motifs is 1. The number of hydrogen-bond donors (Lipinski definition) is 2. The van der Waals surface area contributed by atoms with Crippen LogP contribution in [-0.4, -0.2) is 52.2 Å². The minimum atomic E-state index is -1.02. The van der Waals surface area contributed by atoms with E-state index in [2.05, 4.69) is 84.2 Å². The Balaban J connectivity index is 1.49. The number of imidazole rings is 1. The smallest absolute Gasteiger partial charge is 0.310 e. The van der Waals surface area contributed by atoms with Crippen molar-refractivity contribution in [3.8, 4) is 0 Å². The van der Waals surface area contributed by atoms with E-state index in [0.29, 0.717) is 6.54 Å². The number of likely N-dealkylation sites (tertiary alicyclic amines) is 1. The van der Waals surface area contributed by atoms with Gasteiger partial charge in [0.05, 0.1) is 23.3 Å². The van der Waals surface area contributed by atoms with Crippen LogP contribution in [0.25, 0.3) is 0 Å². The molecule has 1 atom stereocenters. The van der Waals surface area contributed by atoms with Gasteiger partial charge in [-0.3, -0.25) is 19.7 Å². The van der Waals surface area contributed by atoms with E-state index in [4.69, 9.17) is 4.98 Å². The molecule has 2 aliphatic rings. The lowest BCUT2D eigenvalue weighted by Crippen LogP contribution is -2.42. The normalized spacial score (nSPS) is 17.1. The van der Waals surface area contributed by atoms with E-state index < -0.39 is 11.4 Å². The number of anilines is 2. The van der Waals surface area contributed by atoms with Crippen molar-refractivity contribution in [1.29, 1.82) is 0 Å². The fourth-order valence-corrected chi connectivity index (χ4v) is 6.90. The maximum absolute atomic E-state index is 12.8. The first kappa shape index (κ1) is 30.1. The lowest BCUT2D eigenvalue weighted by atomic mass is 9.69. The van der Waals surface area contributed by atoms with Gasteiger partial charge < -0.3 is 9.67 Å². The zero-order valence-electron chi connectivity index (χ0n) is 26.4. The zero-order chi connectivity index (χ0) is 30.2. The quantitative estimate of drug-likeness (QED) is 0.304. The maximum atomic E-state index is 12.8. The van der Waals surface area contributed by atoms with Crippen LogP contribution in [-0.2, 0) is 17.9 Å². The maximum Gasteiger partial charge on any atom is 0.310 e. The summed E-state index contributed by atoms with van der Waals surface area (Å²) in [4.78, 5) is 20.0. The summed E-state index contributed by atoms with van der Waals surface area (Å²) in [6.45, 7) is 17.0. The van der Waals surface area contributed by atoms with E-state index in [1.54, 1.807) is 0 Å². The first-order chi connectivity index (χ1) is 20.0. The summed E-state index contributed by atoms with van der Waals surface area (Å²) < 4.78 is 2.26. The molecule has 8 nitrogen and oxygen atoms in total. The number of benzene rings is 2. The molecule has 5 rings (SSSR count). The second-order valence-electron chi connectivity index (χ2n) is 12.8. The van der Waals surface area contributed by atoms with E-state index in [9.17, 15) is 9.90 Å². The number of piperidine rings is 1. The molecule has 0 amide bonds. The highest BCUT2D eigenvalue weighted by molar-refractivity contribution is 5.81. The number of carboxylic acids is 1. The van der Waals surface area contributed by atoms with Crippen LogP contribution in [0.1, 0.15) is 86.5 Å². The van der Waals surface area contributed by atoms with Gasteiger partial charge in [0.1, 0.15) is 5.82 Å². The molecule has 0 radical (unpaired) electrons. The highest BCUT2D eigenvalue weighted by Crippen LogP contribution is 2.47. The van der Waals surface area contributed by atoms with Gasteiger partial charge in [-0.05, 0) is 100 Å². The van der Waals surface area contributed by atoms with Crippen LogP contribution in [0, 0.1) is 25.2 Å². The van der Waals surface area contributed by atoms with Crippen LogP contribution in [0.15, 0.2) is 42.7 Å². The van der Waals surface area contributed by atoms with Gasteiger partial charge in [-0.25, -0.2) is 4.98 Å². The number of carbonyl (C=O) groups is 1. The molecule has 42 heavy (non-hydrogen) atoms. The number of aryl methyl sites for hydroxylation is 1. The first-order valence-corrected chi connectivity index (χ1v) is 15.5. The Morgan fingerprint density at radius 1 is 1.12 bits per heavy atom. The van der Waals surface area contributed by atoms with Crippen molar-refractivity contribution >= 4 is 17.3 Å². The third-order valence-electron chi connectivity index (χ3n) is 9.75. The van der Waals surface area contributed by atoms with Crippen LogP contribution in [0.2, 0.25) is 0 Å². The summed E-state index contributed by atoms with van der Waals surface area (Å²) in [5.74, 6) is 0.805. The average molecular weight is 573 g/mol. The number of aromatic nitrogens is 2. The van der Waals surface area contributed by atoms with Gasteiger partial charge in [0.15, 0.2) is 0 Å². The SMILES string of the molecule is CCC1CCN(Cc2nccn2Cc2cc([C@@H](c3ccc4c(c3C)N(C)NN4CC)C(C)(C)C(=O)O)ccc2C)CC1. The molecule has 2 aliphatic heterocycles. The second kappa shape index (κ2) is 12.1. The molecular weight excluding hydrogens is 524 g/mol. The van der Waals surface area contributed by atoms with Crippen molar-refractivity contribution in [2.75, 3.05) is 36.7 Å². The highest BCUT2D eigenvalue weighted by atomic mass is 16.4. The highest BCUT2D eigenvalue weighted by Gasteiger charge is 2.41. The van der Waals surface area contributed by atoms with Gasteiger partial charge in [-0.2, -0.15) is 0 Å². The molecule has 3 heterocycles.